The van der Waals surface area contributed by atoms with Crippen LogP contribution < -0.4 is 4.72 Å². The second-order valence-corrected chi connectivity index (χ2v) is 5.89. The molecule has 2 aromatic rings. The molecular formula is C18H18N2S. The molecule has 3 heteroatoms. The highest BCUT2D eigenvalue weighted by Crippen LogP contribution is 2.28. The molecule has 21 heavy (non-hydrogen) atoms. The van der Waals surface area contributed by atoms with Crippen LogP contribution in [0.4, 0.5) is 5.69 Å². The minimum absolute atomic E-state index is 1.05. The van der Waals surface area contributed by atoms with Crippen molar-refractivity contribution in [2.45, 2.75) is 25.7 Å². The van der Waals surface area contributed by atoms with Gasteiger partial charge >= 0.3 is 0 Å². The predicted octanol–water partition coefficient (Wildman–Crippen LogP) is 5.27. The summed E-state index contributed by atoms with van der Waals surface area (Å²) in [7, 11) is 0. The highest BCUT2D eigenvalue weighted by molar-refractivity contribution is 8.00. The summed E-state index contributed by atoms with van der Waals surface area (Å²) in [6, 6.07) is 14.6. The van der Waals surface area contributed by atoms with Gasteiger partial charge in [0.05, 0.1) is 11.8 Å². The monoisotopic (exact) mass is 294 g/mol. The average Bonchev–Trinajstić information content (AvgIpc) is 2.46. The van der Waals surface area contributed by atoms with E-state index in [1.165, 1.54) is 27.7 Å². The number of rotatable bonds is 4. The van der Waals surface area contributed by atoms with Crippen LogP contribution >= 0.6 is 11.9 Å². The summed E-state index contributed by atoms with van der Waals surface area (Å²) in [5.41, 5.74) is 5.80. The summed E-state index contributed by atoms with van der Waals surface area (Å²) < 4.78 is 3.43. The molecule has 0 saturated heterocycles. The van der Waals surface area contributed by atoms with Gasteiger partial charge in [-0.2, -0.15) is 5.26 Å². The fourth-order valence-corrected chi connectivity index (χ4v) is 2.92. The highest BCUT2D eigenvalue weighted by Gasteiger charge is 2.04. The van der Waals surface area contributed by atoms with Crippen LogP contribution in [-0.2, 0) is 0 Å². The number of nitrogens with one attached hydrogen (secondary N) is 1. The van der Waals surface area contributed by atoms with Gasteiger partial charge in [-0.3, -0.25) is 0 Å². The molecule has 0 radical (unpaired) electrons. The summed E-state index contributed by atoms with van der Waals surface area (Å²) in [5.74, 6) is 0. The Morgan fingerprint density at radius 3 is 2.24 bits per heavy atom. The Hall–Kier alpha value is -2.18. The molecule has 1 N–H and O–H groups in total. The number of hydrogen-bond donors (Lipinski definition) is 1. The minimum atomic E-state index is 1.05. The van der Waals surface area contributed by atoms with Gasteiger partial charge in [0.25, 0.3) is 0 Å². The van der Waals surface area contributed by atoms with Crippen LogP contribution in [0.2, 0.25) is 0 Å². The number of allylic oxidation sites excluding steroid dienone is 1. The van der Waals surface area contributed by atoms with Crippen molar-refractivity contribution < 1.29 is 0 Å². The molecule has 2 aromatic carbocycles. The van der Waals surface area contributed by atoms with E-state index in [0.29, 0.717) is 0 Å². The van der Waals surface area contributed by atoms with Crippen molar-refractivity contribution in [3.05, 3.63) is 64.7 Å². The van der Waals surface area contributed by atoms with Gasteiger partial charge in [-0.15, -0.1) is 0 Å². The number of hydrogen-bond acceptors (Lipinski definition) is 3. The van der Waals surface area contributed by atoms with E-state index in [1.54, 1.807) is 11.9 Å². The molecule has 2 rings (SSSR count). The van der Waals surface area contributed by atoms with Crippen molar-refractivity contribution in [3.8, 4) is 6.07 Å². The zero-order valence-corrected chi connectivity index (χ0v) is 13.3. The fourth-order valence-electron chi connectivity index (χ4n) is 2.10. The van der Waals surface area contributed by atoms with Crippen LogP contribution in [0, 0.1) is 32.1 Å². The maximum absolute atomic E-state index is 8.60. The van der Waals surface area contributed by atoms with Crippen LogP contribution in [0.1, 0.15) is 22.3 Å². The summed E-state index contributed by atoms with van der Waals surface area (Å²) in [5, 5.41) is 8.60. The van der Waals surface area contributed by atoms with E-state index in [1.807, 2.05) is 12.1 Å². The number of nitrogens with zero attached hydrogens (tertiary/aromatic N) is 1. The first-order chi connectivity index (χ1) is 10.1. The predicted molar refractivity (Wildman–Crippen MR) is 91.2 cm³/mol. The molecule has 0 aliphatic heterocycles. The van der Waals surface area contributed by atoms with Crippen LogP contribution in [-0.4, -0.2) is 0 Å². The molecule has 0 amide bonds. The van der Waals surface area contributed by atoms with Gasteiger partial charge in [0.15, 0.2) is 0 Å². The number of anilines is 1. The lowest BCUT2D eigenvalue weighted by atomic mass is 10.0. The Bertz CT molecular complexity index is 671. The smallest absolute Gasteiger partial charge is 0.0912 e. The normalized spacial score (nSPS) is 10.6. The van der Waals surface area contributed by atoms with Crippen molar-refractivity contribution >= 4 is 23.7 Å². The largest absolute Gasteiger partial charge is 0.325 e. The molecule has 2 nitrogen and oxygen atoms in total. The van der Waals surface area contributed by atoms with Crippen molar-refractivity contribution in [2.75, 3.05) is 4.72 Å². The quantitative estimate of drug-likeness (QED) is 0.616. The molecule has 0 saturated carbocycles. The molecule has 0 heterocycles. The average molecular weight is 294 g/mol. The Kier molecular flexibility index (Phi) is 5.08. The number of aryl methyl sites for hydroxylation is 3. The molecular weight excluding hydrogens is 276 g/mol. The van der Waals surface area contributed by atoms with E-state index in [9.17, 15) is 0 Å². The molecule has 0 unspecified atom stereocenters. The first-order valence-electron chi connectivity index (χ1n) is 6.77. The topological polar surface area (TPSA) is 35.8 Å². The van der Waals surface area contributed by atoms with Crippen molar-refractivity contribution in [3.63, 3.8) is 0 Å². The molecule has 0 spiro atoms. The third-order valence-corrected chi connectivity index (χ3v) is 4.01. The van der Waals surface area contributed by atoms with Crippen molar-refractivity contribution in [1.29, 1.82) is 5.26 Å². The maximum atomic E-state index is 8.60. The number of benzene rings is 2. The molecule has 106 valence electrons. The Balaban J connectivity index is 2.15. The minimum Gasteiger partial charge on any atom is -0.325 e. The summed E-state index contributed by atoms with van der Waals surface area (Å²) >= 11 is 1.61. The molecule has 0 aromatic heterocycles. The van der Waals surface area contributed by atoms with E-state index in [4.69, 9.17) is 5.26 Å². The van der Waals surface area contributed by atoms with Gasteiger partial charge in [0.2, 0.25) is 0 Å². The van der Waals surface area contributed by atoms with Crippen LogP contribution in [0.5, 0.6) is 0 Å². The summed E-state index contributed by atoms with van der Waals surface area (Å²) in [6.45, 7) is 6.24. The Labute approximate surface area is 130 Å². The molecule has 0 atom stereocenters. The Morgan fingerprint density at radius 1 is 1.05 bits per heavy atom. The zero-order chi connectivity index (χ0) is 15.2. The summed E-state index contributed by atoms with van der Waals surface area (Å²) in [6.07, 6.45) is 3.33. The van der Waals surface area contributed by atoms with E-state index in [2.05, 4.69) is 61.9 Å². The van der Waals surface area contributed by atoms with E-state index >= 15 is 0 Å². The van der Waals surface area contributed by atoms with Crippen LogP contribution in [0.15, 0.2) is 47.4 Å². The van der Waals surface area contributed by atoms with Gasteiger partial charge in [-0.1, -0.05) is 17.7 Å². The SMILES string of the molecule is Cc1ccc(SNc2c(C)cc(/C=C/C#N)cc2C)cc1. The highest BCUT2D eigenvalue weighted by atomic mass is 32.2. The molecule has 0 aliphatic rings. The molecule has 0 fully saturated rings. The first kappa shape index (κ1) is 15.2. The van der Waals surface area contributed by atoms with Crippen molar-refractivity contribution in [2.24, 2.45) is 0 Å². The standard InChI is InChI=1S/C18H18N2S/c1-13-6-8-17(9-7-13)21-20-18-14(2)11-16(5-4-10-19)12-15(18)3/h4-9,11-12,20H,1-3H3/b5-4+. The second kappa shape index (κ2) is 7.01. The number of nitriles is 1. The van der Waals surface area contributed by atoms with E-state index in [-0.39, 0.29) is 0 Å². The van der Waals surface area contributed by atoms with Gasteiger partial charge in [-0.05, 0) is 79.8 Å². The van der Waals surface area contributed by atoms with E-state index in [0.717, 1.165) is 11.3 Å². The Morgan fingerprint density at radius 2 is 1.67 bits per heavy atom. The maximum Gasteiger partial charge on any atom is 0.0912 e. The van der Waals surface area contributed by atoms with Gasteiger partial charge in [0, 0.05) is 11.0 Å². The lowest BCUT2D eigenvalue weighted by Gasteiger charge is -2.13. The third-order valence-electron chi connectivity index (χ3n) is 3.20. The lowest BCUT2D eigenvalue weighted by molar-refractivity contribution is 1.36. The van der Waals surface area contributed by atoms with Gasteiger partial charge in [-0.25, -0.2) is 0 Å². The summed E-state index contributed by atoms with van der Waals surface area (Å²) in [4.78, 5) is 1.19. The van der Waals surface area contributed by atoms with Crippen molar-refractivity contribution in [1.82, 2.24) is 0 Å². The van der Waals surface area contributed by atoms with Gasteiger partial charge in [0.1, 0.15) is 0 Å². The molecule has 0 aliphatic carbocycles. The van der Waals surface area contributed by atoms with Crippen LogP contribution in [0.3, 0.4) is 0 Å². The fraction of sp³-hybridized carbons (Fsp3) is 0.167. The van der Waals surface area contributed by atoms with E-state index < -0.39 is 0 Å². The second-order valence-electron chi connectivity index (χ2n) is 5.01. The molecule has 0 bridgehead atoms. The first-order valence-corrected chi connectivity index (χ1v) is 7.59. The zero-order valence-electron chi connectivity index (χ0n) is 12.5. The third kappa shape index (κ3) is 4.14. The van der Waals surface area contributed by atoms with Crippen LogP contribution in [0.25, 0.3) is 6.08 Å². The van der Waals surface area contributed by atoms with Gasteiger partial charge < -0.3 is 4.72 Å². The lowest BCUT2D eigenvalue weighted by Crippen LogP contribution is -1.94.